The molecule has 0 amide bonds. The Balaban J connectivity index is 4.09. The van der Waals surface area contributed by atoms with E-state index < -0.39 is 0 Å². The molecule has 0 aliphatic heterocycles. The number of aliphatic hydroxyl groups excluding tert-OH is 1. The molecule has 0 bridgehead atoms. The molecule has 0 rings (SSSR count). The molecule has 0 fully saturated rings. The number of rotatable bonds is 9. The largest absolute Gasteiger partial charge is 0.396 e. The highest BCUT2D eigenvalue weighted by Crippen LogP contribution is 2.17. The molecule has 15 heavy (non-hydrogen) atoms. The fourth-order valence-corrected chi connectivity index (χ4v) is 1.92. The van der Waals surface area contributed by atoms with E-state index in [4.69, 9.17) is 5.11 Å². The molecule has 2 unspecified atom stereocenters. The van der Waals surface area contributed by atoms with Crippen molar-refractivity contribution < 1.29 is 5.11 Å². The Labute approximate surface area is 95.5 Å². The van der Waals surface area contributed by atoms with E-state index in [1.54, 1.807) is 0 Å². The molecule has 0 saturated heterocycles. The Morgan fingerprint density at radius 3 is 2.33 bits per heavy atom. The maximum atomic E-state index is 9.05. The summed E-state index contributed by atoms with van der Waals surface area (Å²) < 4.78 is 0. The average molecular weight is 215 g/mol. The second-order valence-corrected chi connectivity index (χ2v) is 4.78. The fourth-order valence-electron chi connectivity index (χ4n) is 1.92. The summed E-state index contributed by atoms with van der Waals surface area (Å²) in [6.45, 7) is 9.16. The molecule has 2 atom stereocenters. The summed E-state index contributed by atoms with van der Waals surface area (Å²) in [5.41, 5.74) is 0.114. The molecule has 0 aromatic heterocycles. The molecule has 0 aliphatic rings. The Kier molecular flexibility index (Phi) is 8.07. The van der Waals surface area contributed by atoms with Gasteiger partial charge in [0, 0.05) is 18.2 Å². The molecule has 0 aromatic carbocycles. The maximum absolute atomic E-state index is 9.05. The first-order valence-electron chi connectivity index (χ1n) is 6.50. The molecule has 2 nitrogen and oxygen atoms in total. The number of aliphatic hydroxyl groups is 1. The van der Waals surface area contributed by atoms with Crippen LogP contribution in [0.15, 0.2) is 0 Å². The van der Waals surface area contributed by atoms with Crippen LogP contribution in [0.5, 0.6) is 0 Å². The minimum atomic E-state index is 0.114. The molecule has 2 N–H and O–H groups in total. The Bertz CT molecular complexity index is 149. The van der Waals surface area contributed by atoms with Crippen molar-refractivity contribution in [3.05, 3.63) is 0 Å². The van der Waals surface area contributed by atoms with Gasteiger partial charge >= 0.3 is 0 Å². The van der Waals surface area contributed by atoms with E-state index in [0.29, 0.717) is 6.04 Å². The van der Waals surface area contributed by atoms with Crippen LogP contribution < -0.4 is 5.32 Å². The quantitative estimate of drug-likeness (QED) is 0.619. The fraction of sp³-hybridized carbons (Fsp3) is 1.00. The zero-order valence-electron chi connectivity index (χ0n) is 11.0. The first-order valence-corrected chi connectivity index (χ1v) is 6.50. The van der Waals surface area contributed by atoms with Gasteiger partial charge in [-0.25, -0.2) is 0 Å². The van der Waals surface area contributed by atoms with Crippen LogP contribution >= 0.6 is 0 Å². The van der Waals surface area contributed by atoms with Gasteiger partial charge in [-0.15, -0.1) is 0 Å². The van der Waals surface area contributed by atoms with E-state index in [1.165, 1.54) is 25.7 Å². The van der Waals surface area contributed by atoms with Gasteiger partial charge in [0.15, 0.2) is 0 Å². The molecule has 2 heteroatoms. The minimum Gasteiger partial charge on any atom is -0.396 e. The summed E-state index contributed by atoms with van der Waals surface area (Å²) >= 11 is 0. The topological polar surface area (TPSA) is 32.3 Å². The van der Waals surface area contributed by atoms with Crippen LogP contribution in [-0.2, 0) is 0 Å². The van der Waals surface area contributed by atoms with Gasteiger partial charge in [-0.1, -0.05) is 33.6 Å². The van der Waals surface area contributed by atoms with E-state index >= 15 is 0 Å². The highest BCUT2D eigenvalue weighted by atomic mass is 16.3. The summed E-state index contributed by atoms with van der Waals surface area (Å²) in [5.74, 6) is 0. The van der Waals surface area contributed by atoms with Gasteiger partial charge in [0.25, 0.3) is 0 Å². The predicted molar refractivity (Wildman–Crippen MR) is 67.1 cm³/mol. The predicted octanol–water partition coefficient (Wildman–Crippen LogP) is 3.10. The van der Waals surface area contributed by atoms with Gasteiger partial charge in [0.05, 0.1) is 0 Å². The van der Waals surface area contributed by atoms with E-state index in [2.05, 4.69) is 33.0 Å². The van der Waals surface area contributed by atoms with Crippen LogP contribution in [0.1, 0.15) is 66.2 Å². The van der Waals surface area contributed by atoms with Crippen molar-refractivity contribution in [1.82, 2.24) is 5.32 Å². The van der Waals surface area contributed by atoms with Crippen molar-refractivity contribution >= 4 is 0 Å². The Morgan fingerprint density at radius 1 is 1.27 bits per heavy atom. The van der Waals surface area contributed by atoms with Crippen LogP contribution in [0, 0.1) is 0 Å². The van der Waals surface area contributed by atoms with Crippen LogP contribution in [-0.4, -0.2) is 23.3 Å². The zero-order chi connectivity index (χ0) is 11.7. The van der Waals surface area contributed by atoms with Gasteiger partial charge in [-0.2, -0.15) is 0 Å². The summed E-state index contributed by atoms with van der Waals surface area (Å²) in [6.07, 6.45) is 6.93. The molecule has 0 spiro atoms. The summed E-state index contributed by atoms with van der Waals surface area (Å²) in [4.78, 5) is 0. The van der Waals surface area contributed by atoms with Crippen molar-refractivity contribution in [3.63, 3.8) is 0 Å². The highest BCUT2D eigenvalue weighted by Gasteiger charge is 2.23. The molecule has 0 radical (unpaired) electrons. The molecule has 0 aromatic rings. The van der Waals surface area contributed by atoms with Crippen molar-refractivity contribution in [3.8, 4) is 0 Å². The first kappa shape index (κ1) is 14.9. The van der Waals surface area contributed by atoms with Crippen LogP contribution in [0.4, 0.5) is 0 Å². The maximum Gasteiger partial charge on any atom is 0.0448 e. The molecule has 0 saturated carbocycles. The van der Waals surface area contributed by atoms with Crippen LogP contribution in [0.25, 0.3) is 0 Å². The average Bonchev–Trinajstić information content (AvgIpc) is 2.24. The molecule has 0 aliphatic carbocycles. The standard InChI is InChI=1S/C13H29NO/c1-5-8-9-12(6-2)14-13(4,7-3)10-11-15/h12,14-15H,5-11H2,1-4H3. The number of hydrogen-bond donors (Lipinski definition) is 2. The second-order valence-electron chi connectivity index (χ2n) is 4.78. The smallest absolute Gasteiger partial charge is 0.0448 e. The molecular formula is C13H29NO. The lowest BCUT2D eigenvalue weighted by atomic mass is 9.92. The van der Waals surface area contributed by atoms with E-state index in [1.807, 2.05) is 0 Å². The molecular weight excluding hydrogens is 186 g/mol. The first-order chi connectivity index (χ1) is 7.11. The van der Waals surface area contributed by atoms with Crippen LogP contribution in [0.3, 0.4) is 0 Å². The summed E-state index contributed by atoms with van der Waals surface area (Å²) in [5, 5.41) is 12.8. The number of unbranched alkanes of at least 4 members (excludes halogenated alkanes) is 1. The van der Waals surface area contributed by atoms with Crippen molar-refractivity contribution in [1.29, 1.82) is 0 Å². The van der Waals surface area contributed by atoms with Gasteiger partial charge < -0.3 is 10.4 Å². The molecule has 92 valence electrons. The van der Waals surface area contributed by atoms with E-state index in [-0.39, 0.29) is 12.1 Å². The van der Waals surface area contributed by atoms with Gasteiger partial charge in [-0.3, -0.25) is 0 Å². The number of nitrogens with one attached hydrogen (secondary N) is 1. The van der Waals surface area contributed by atoms with Crippen molar-refractivity contribution in [2.45, 2.75) is 77.8 Å². The van der Waals surface area contributed by atoms with E-state index in [9.17, 15) is 0 Å². The lowest BCUT2D eigenvalue weighted by Gasteiger charge is -2.34. The zero-order valence-corrected chi connectivity index (χ0v) is 11.0. The van der Waals surface area contributed by atoms with E-state index in [0.717, 1.165) is 12.8 Å². The highest BCUT2D eigenvalue weighted by molar-refractivity contribution is 4.84. The van der Waals surface area contributed by atoms with Gasteiger partial charge in [-0.05, 0) is 32.6 Å². The Morgan fingerprint density at radius 2 is 1.93 bits per heavy atom. The summed E-state index contributed by atoms with van der Waals surface area (Å²) in [7, 11) is 0. The third-order valence-corrected chi connectivity index (χ3v) is 3.40. The molecule has 0 heterocycles. The summed E-state index contributed by atoms with van der Waals surface area (Å²) in [6, 6.07) is 0.612. The third-order valence-electron chi connectivity index (χ3n) is 3.40. The van der Waals surface area contributed by atoms with Crippen molar-refractivity contribution in [2.24, 2.45) is 0 Å². The third kappa shape index (κ3) is 6.16. The SMILES string of the molecule is CCCCC(CC)NC(C)(CC)CCO. The lowest BCUT2D eigenvalue weighted by Crippen LogP contribution is -2.48. The second kappa shape index (κ2) is 8.12. The minimum absolute atomic E-state index is 0.114. The van der Waals surface area contributed by atoms with Gasteiger partial charge in [0.2, 0.25) is 0 Å². The van der Waals surface area contributed by atoms with Crippen LogP contribution in [0.2, 0.25) is 0 Å². The lowest BCUT2D eigenvalue weighted by molar-refractivity contribution is 0.197. The monoisotopic (exact) mass is 215 g/mol. The van der Waals surface area contributed by atoms with Crippen molar-refractivity contribution in [2.75, 3.05) is 6.61 Å². The van der Waals surface area contributed by atoms with Gasteiger partial charge in [0.1, 0.15) is 0 Å². The Hall–Kier alpha value is -0.0800. The number of hydrogen-bond acceptors (Lipinski definition) is 2. The normalized spacial score (nSPS) is 17.4.